The lowest BCUT2D eigenvalue weighted by molar-refractivity contribution is -0.128. The molecule has 1 aromatic heterocycles. The first-order valence-electron chi connectivity index (χ1n) is 10.2. The maximum absolute atomic E-state index is 12.4. The molecule has 0 radical (unpaired) electrons. The second-order valence-electron chi connectivity index (χ2n) is 7.49. The standard InChI is InChI=1S/C22H30N6OS/c1-17-10-7-8-13-19(17)21-24-25-22(27(21)3)30-16-20(29)28(23)15-9-14-26(2)18-11-5-4-6-12-18/h4-6,8,11-13H,7,9-10,14-16,23H2,1-3H3. The number of rotatable bonds is 9. The lowest BCUT2D eigenvalue weighted by Gasteiger charge is -2.21. The van der Waals surface area contributed by atoms with Gasteiger partial charge in [-0.15, -0.1) is 10.2 Å². The van der Waals surface area contributed by atoms with Crippen molar-refractivity contribution in [1.82, 2.24) is 19.8 Å². The summed E-state index contributed by atoms with van der Waals surface area (Å²) in [4.78, 5) is 14.6. The molecule has 1 aliphatic rings. The normalized spacial score (nSPS) is 13.6. The zero-order valence-electron chi connectivity index (χ0n) is 17.9. The van der Waals surface area contributed by atoms with Gasteiger partial charge in [0.15, 0.2) is 11.0 Å². The van der Waals surface area contributed by atoms with Crippen molar-refractivity contribution in [3.63, 3.8) is 0 Å². The summed E-state index contributed by atoms with van der Waals surface area (Å²) in [5, 5.41) is 10.6. The van der Waals surface area contributed by atoms with Crippen LogP contribution in [0.3, 0.4) is 0 Å². The van der Waals surface area contributed by atoms with Gasteiger partial charge >= 0.3 is 0 Å². The number of hydrogen-bond donors (Lipinski definition) is 1. The Hall–Kier alpha value is -2.58. The average Bonchev–Trinajstić information content (AvgIpc) is 3.12. The highest BCUT2D eigenvalue weighted by atomic mass is 32.2. The number of aromatic nitrogens is 3. The molecule has 0 aliphatic heterocycles. The minimum Gasteiger partial charge on any atom is -0.375 e. The highest BCUT2D eigenvalue weighted by Crippen LogP contribution is 2.27. The van der Waals surface area contributed by atoms with E-state index in [1.807, 2.05) is 36.9 Å². The summed E-state index contributed by atoms with van der Waals surface area (Å²) in [6, 6.07) is 10.2. The number of amides is 1. The number of carbonyl (C=O) groups excluding carboxylic acids is 1. The molecule has 8 heteroatoms. The summed E-state index contributed by atoms with van der Waals surface area (Å²) in [7, 11) is 3.97. The van der Waals surface area contributed by atoms with Crippen molar-refractivity contribution < 1.29 is 4.79 Å². The molecule has 1 aliphatic carbocycles. The van der Waals surface area contributed by atoms with Gasteiger partial charge in [-0.25, -0.2) is 5.84 Å². The van der Waals surface area contributed by atoms with Crippen LogP contribution in [0.1, 0.15) is 32.0 Å². The van der Waals surface area contributed by atoms with Crippen LogP contribution in [0.15, 0.2) is 53.2 Å². The minimum atomic E-state index is -0.111. The molecule has 160 valence electrons. The van der Waals surface area contributed by atoms with Crippen molar-refractivity contribution in [2.45, 2.75) is 31.3 Å². The summed E-state index contributed by atoms with van der Waals surface area (Å²) in [6.45, 7) is 3.47. The van der Waals surface area contributed by atoms with Gasteiger partial charge in [0.25, 0.3) is 0 Å². The molecular weight excluding hydrogens is 396 g/mol. The summed E-state index contributed by atoms with van der Waals surface area (Å²) in [6.07, 6.45) is 7.18. The SMILES string of the molecule is CC1=C(c2nnc(SCC(=O)N(N)CCCN(C)c3ccccc3)n2C)C=CCC1. The molecule has 0 spiro atoms. The number of nitrogens with two attached hydrogens (primary N) is 1. The van der Waals surface area contributed by atoms with E-state index < -0.39 is 0 Å². The van der Waals surface area contributed by atoms with Crippen LogP contribution in [0.4, 0.5) is 5.69 Å². The quantitative estimate of drug-likeness (QED) is 0.287. The molecule has 0 saturated heterocycles. The highest BCUT2D eigenvalue weighted by molar-refractivity contribution is 7.99. The first kappa shape index (κ1) is 22.1. The summed E-state index contributed by atoms with van der Waals surface area (Å²) in [5.74, 6) is 6.95. The first-order valence-corrected chi connectivity index (χ1v) is 11.2. The smallest absolute Gasteiger partial charge is 0.246 e. The van der Waals surface area contributed by atoms with Gasteiger partial charge in [0.2, 0.25) is 5.91 Å². The number of nitrogens with zero attached hydrogens (tertiary/aromatic N) is 5. The predicted molar refractivity (Wildman–Crippen MR) is 123 cm³/mol. The fraction of sp³-hybridized carbons (Fsp3) is 0.409. The fourth-order valence-electron chi connectivity index (χ4n) is 3.34. The van der Waals surface area contributed by atoms with Gasteiger partial charge in [-0.1, -0.05) is 47.7 Å². The third-order valence-electron chi connectivity index (χ3n) is 5.24. The Morgan fingerprint density at radius 3 is 2.73 bits per heavy atom. The van der Waals surface area contributed by atoms with Crippen molar-refractivity contribution in [3.8, 4) is 0 Å². The van der Waals surface area contributed by atoms with Crippen LogP contribution in [0, 0.1) is 0 Å². The summed E-state index contributed by atoms with van der Waals surface area (Å²) >= 11 is 1.37. The van der Waals surface area contributed by atoms with Gasteiger partial charge in [-0.2, -0.15) is 0 Å². The molecule has 30 heavy (non-hydrogen) atoms. The van der Waals surface area contributed by atoms with Crippen LogP contribution in [-0.4, -0.2) is 51.6 Å². The van der Waals surface area contributed by atoms with Crippen molar-refractivity contribution in [2.24, 2.45) is 12.9 Å². The third-order valence-corrected chi connectivity index (χ3v) is 6.25. The summed E-state index contributed by atoms with van der Waals surface area (Å²) in [5.41, 5.74) is 3.59. The molecule has 0 saturated carbocycles. The van der Waals surface area contributed by atoms with Crippen molar-refractivity contribution >= 4 is 28.9 Å². The predicted octanol–water partition coefficient (Wildman–Crippen LogP) is 3.26. The molecule has 1 aromatic carbocycles. The second-order valence-corrected chi connectivity index (χ2v) is 8.43. The zero-order chi connectivity index (χ0) is 21.5. The molecule has 1 heterocycles. The molecular formula is C22H30N6OS. The van der Waals surface area contributed by atoms with Crippen LogP contribution in [0.25, 0.3) is 5.57 Å². The molecule has 0 bridgehead atoms. The van der Waals surface area contributed by atoms with E-state index in [0.29, 0.717) is 6.54 Å². The van der Waals surface area contributed by atoms with Gasteiger partial charge in [0.05, 0.1) is 5.75 Å². The minimum absolute atomic E-state index is 0.111. The lowest BCUT2D eigenvalue weighted by Crippen LogP contribution is -2.40. The lowest BCUT2D eigenvalue weighted by atomic mass is 9.98. The van der Waals surface area contributed by atoms with E-state index in [1.54, 1.807) is 0 Å². The van der Waals surface area contributed by atoms with Gasteiger partial charge in [-0.05, 0) is 38.3 Å². The van der Waals surface area contributed by atoms with Gasteiger partial charge in [0, 0.05) is 38.4 Å². The topological polar surface area (TPSA) is 80.3 Å². The molecule has 0 unspecified atom stereocenters. The molecule has 2 N–H and O–H groups in total. The van der Waals surface area contributed by atoms with Crippen molar-refractivity contribution in [2.75, 3.05) is 30.8 Å². The molecule has 2 aromatic rings. The van der Waals surface area contributed by atoms with E-state index in [0.717, 1.165) is 48.0 Å². The van der Waals surface area contributed by atoms with Crippen molar-refractivity contribution in [3.05, 3.63) is 53.9 Å². The molecule has 7 nitrogen and oxygen atoms in total. The second kappa shape index (κ2) is 10.4. The third kappa shape index (κ3) is 5.52. The highest BCUT2D eigenvalue weighted by Gasteiger charge is 2.17. The van der Waals surface area contributed by atoms with Crippen LogP contribution in [0.5, 0.6) is 0 Å². The fourth-order valence-corrected chi connectivity index (χ4v) is 4.14. The van der Waals surface area contributed by atoms with Crippen LogP contribution in [0.2, 0.25) is 0 Å². The van der Waals surface area contributed by atoms with Crippen molar-refractivity contribution in [1.29, 1.82) is 0 Å². The largest absolute Gasteiger partial charge is 0.375 e. The molecule has 0 fully saturated rings. The molecule has 3 rings (SSSR count). The van der Waals surface area contributed by atoms with Crippen LogP contribution < -0.4 is 10.7 Å². The zero-order valence-corrected chi connectivity index (χ0v) is 18.7. The number of allylic oxidation sites excluding steroid dienone is 4. The maximum atomic E-state index is 12.4. The number of thioether (sulfide) groups is 1. The first-order chi connectivity index (χ1) is 14.5. The summed E-state index contributed by atoms with van der Waals surface area (Å²) < 4.78 is 1.95. The average molecular weight is 427 g/mol. The van der Waals surface area contributed by atoms with Gasteiger partial charge in [-0.3, -0.25) is 9.80 Å². The Balaban J connectivity index is 1.47. The number of benzene rings is 1. The number of hydrogen-bond acceptors (Lipinski definition) is 6. The number of hydrazine groups is 1. The van der Waals surface area contributed by atoms with E-state index in [1.165, 1.54) is 22.3 Å². The Labute approximate surface area is 182 Å². The number of anilines is 1. The Bertz CT molecular complexity index is 921. The number of para-hydroxylation sites is 1. The maximum Gasteiger partial charge on any atom is 0.246 e. The molecule has 0 atom stereocenters. The Morgan fingerprint density at radius 1 is 1.23 bits per heavy atom. The van der Waals surface area contributed by atoms with E-state index >= 15 is 0 Å². The van der Waals surface area contributed by atoms with E-state index in [9.17, 15) is 4.79 Å². The number of carbonyl (C=O) groups is 1. The van der Waals surface area contributed by atoms with Gasteiger partial charge in [0.1, 0.15) is 0 Å². The van der Waals surface area contributed by atoms with E-state index in [2.05, 4.69) is 46.3 Å². The Morgan fingerprint density at radius 2 is 2.00 bits per heavy atom. The van der Waals surface area contributed by atoms with Crippen LogP contribution in [-0.2, 0) is 11.8 Å². The molecule has 1 amide bonds. The Kier molecular flexibility index (Phi) is 7.70. The van der Waals surface area contributed by atoms with E-state index in [-0.39, 0.29) is 11.7 Å². The van der Waals surface area contributed by atoms with Crippen LogP contribution >= 0.6 is 11.8 Å². The van der Waals surface area contributed by atoms with Gasteiger partial charge < -0.3 is 9.47 Å². The monoisotopic (exact) mass is 426 g/mol. The van der Waals surface area contributed by atoms with E-state index in [4.69, 9.17) is 5.84 Å².